The normalized spacial score (nSPS) is 19.9. The molecule has 0 aromatic carbocycles. The van der Waals surface area contributed by atoms with Crippen molar-refractivity contribution in [2.45, 2.75) is 33.1 Å². The first kappa shape index (κ1) is 13.3. The molecule has 2 aliphatic rings. The Morgan fingerprint density at radius 3 is 2.60 bits per heavy atom. The zero-order valence-electron chi connectivity index (χ0n) is 12.3. The Labute approximate surface area is 120 Å². The third-order valence-electron chi connectivity index (χ3n) is 4.25. The third-order valence-corrected chi connectivity index (χ3v) is 4.25. The van der Waals surface area contributed by atoms with Crippen LogP contribution in [0.25, 0.3) is 0 Å². The predicted octanol–water partition coefficient (Wildman–Crippen LogP) is 1.54. The quantitative estimate of drug-likeness (QED) is 0.821. The van der Waals surface area contributed by atoms with Crippen LogP contribution in [0.1, 0.15) is 30.7 Å². The molecule has 0 saturated carbocycles. The molecule has 2 saturated heterocycles. The van der Waals surface area contributed by atoms with Gasteiger partial charge in [0.1, 0.15) is 5.82 Å². The zero-order chi connectivity index (χ0) is 14.1. The van der Waals surface area contributed by atoms with Crippen molar-refractivity contribution in [2.24, 2.45) is 5.92 Å². The van der Waals surface area contributed by atoms with Crippen molar-refractivity contribution in [2.75, 3.05) is 31.1 Å². The van der Waals surface area contributed by atoms with Crippen LogP contribution in [0.3, 0.4) is 0 Å². The van der Waals surface area contributed by atoms with Gasteiger partial charge in [0, 0.05) is 32.4 Å². The number of aryl methyl sites for hydroxylation is 2. The van der Waals surface area contributed by atoms with Gasteiger partial charge in [0.15, 0.2) is 0 Å². The van der Waals surface area contributed by atoms with E-state index in [1.54, 1.807) is 6.20 Å². The highest BCUT2D eigenvalue weighted by Gasteiger charge is 2.37. The van der Waals surface area contributed by atoms with E-state index in [2.05, 4.69) is 14.9 Å². The van der Waals surface area contributed by atoms with E-state index in [0.717, 1.165) is 56.2 Å². The summed E-state index contributed by atoms with van der Waals surface area (Å²) in [4.78, 5) is 25.5. The molecule has 5 heteroatoms. The van der Waals surface area contributed by atoms with E-state index in [4.69, 9.17) is 0 Å². The maximum atomic E-state index is 12.4. The van der Waals surface area contributed by atoms with E-state index in [1.807, 2.05) is 18.7 Å². The Morgan fingerprint density at radius 1 is 1.20 bits per heavy atom. The van der Waals surface area contributed by atoms with Crippen molar-refractivity contribution in [3.8, 4) is 0 Å². The Morgan fingerprint density at radius 2 is 1.90 bits per heavy atom. The number of anilines is 1. The maximum Gasteiger partial charge on any atom is 0.229 e. The number of nitrogens with zero attached hydrogens (tertiary/aromatic N) is 4. The summed E-state index contributed by atoms with van der Waals surface area (Å²) in [5, 5.41) is 0. The molecule has 3 heterocycles. The molecule has 0 atom stereocenters. The highest BCUT2D eigenvalue weighted by atomic mass is 16.2. The Bertz CT molecular complexity index is 505. The van der Waals surface area contributed by atoms with Gasteiger partial charge in [-0.3, -0.25) is 9.78 Å². The fraction of sp³-hybridized carbons (Fsp3) is 0.667. The summed E-state index contributed by atoms with van der Waals surface area (Å²) in [5.41, 5.74) is 1.87. The molecule has 2 aliphatic heterocycles. The van der Waals surface area contributed by atoms with Crippen LogP contribution in [-0.4, -0.2) is 47.0 Å². The smallest absolute Gasteiger partial charge is 0.229 e. The van der Waals surface area contributed by atoms with Gasteiger partial charge >= 0.3 is 0 Å². The second-order valence-electron chi connectivity index (χ2n) is 5.91. The molecule has 0 N–H and O–H groups in total. The van der Waals surface area contributed by atoms with E-state index in [0.29, 0.717) is 5.91 Å². The molecule has 0 bridgehead atoms. The second-order valence-corrected chi connectivity index (χ2v) is 5.91. The van der Waals surface area contributed by atoms with Crippen LogP contribution in [0, 0.1) is 19.8 Å². The molecule has 1 aromatic heterocycles. The van der Waals surface area contributed by atoms with Gasteiger partial charge in [-0.05, 0) is 33.1 Å². The van der Waals surface area contributed by atoms with E-state index >= 15 is 0 Å². The fourth-order valence-corrected chi connectivity index (χ4v) is 3.00. The first-order valence-corrected chi connectivity index (χ1v) is 7.49. The molecular weight excluding hydrogens is 252 g/mol. The number of carbonyl (C=O) groups is 1. The molecule has 20 heavy (non-hydrogen) atoms. The average Bonchev–Trinajstić information content (AvgIpc) is 2.42. The van der Waals surface area contributed by atoms with Gasteiger partial charge in [-0.25, -0.2) is 4.98 Å². The van der Waals surface area contributed by atoms with E-state index in [-0.39, 0.29) is 5.92 Å². The Kier molecular flexibility index (Phi) is 3.59. The monoisotopic (exact) mass is 274 g/mol. The lowest BCUT2D eigenvalue weighted by Gasteiger charge is -2.42. The summed E-state index contributed by atoms with van der Waals surface area (Å²) in [7, 11) is 0. The Balaban J connectivity index is 1.60. The van der Waals surface area contributed by atoms with Crippen molar-refractivity contribution >= 4 is 11.7 Å². The number of hydrogen-bond donors (Lipinski definition) is 0. The minimum Gasteiger partial charge on any atom is -0.353 e. The van der Waals surface area contributed by atoms with Crippen molar-refractivity contribution in [3.05, 3.63) is 17.6 Å². The van der Waals surface area contributed by atoms with Crippen LogP contribution in [0.4, 0.5) is 5.82 Å². The number of rotatable bonds is 2. The summed E-state index contributed by atoms with van der Waals surface area (Å²) >= 11 is 0. The molecular formula is C15H22N4O. The molecule has 5 nitrogen and oxygen atoms in total. The summed E-state index contributed by atoms with van der Waals surface area (Å²) < 4.78 is 0. The molecule has 0 radical (unpaired) electrons. The molecule has 0 unspecified atom stereocenters. The van der Waals surface area contributed by atoms with Crippen molar-refractivity contribution in [1.82, 2.24) is 14.9 Å². The van der Waals surface area contributed by atoms with Gasteiger partial charge in [-0.2, -0.15) is 0 Å². The maximum absolute atomic E-state index is 12.4. The Hall–Kier alpha value is -1.65. The predicted molar refractivity (Wildman–Crippen MR) is 77.6 cm³/mol. The van der Waals surface area contributed by atoms with Crippen molar-refractivity contribution in [1.29, 1.82) is 0 Å². The average molecular weight is 274 g/mol. The summed E-state index contributed by atoms with van der Waals surface area (Å²) in [6.45, 7) is 7.38. The zero-order valence-corrected chi connectivity index (χ0v) is 12.3. The van der Waals surface area contributed by atoms with Crippen LogP contribution in [0.2, 0.25) is 0 Å². The lowest BCUT2D eigenvalue weighted by atomic mass is 9.97. The summed E-state index contributed by atoms with van der Waals surface area (Å²) in [6.07, 6.45) is 5.36. The van der Waals surface area contributed by atoms with Gasteiger partial charge in [-0.15, -0.1) is 0 Å². The number of hydrogen-bond acceptors (Lipinski definition) is 4. The summed E-state index contributed by atoms with van der Waals surface area (Å²) in [6, 6.07) is 0. The van der Waals surface area contributed by atoms with Crippen LogP contribution in [0.15, 0.2) is 6.20 Å². The number of aromatic nitrogens is 2. The minimum absolute atomic E-state index is 0.148. The minimum atomic E-state index is 0.148. The van der Waals surface area contributed by atoms with Crippen LogP contribution in [0.5, 0.6) is 0 Å². The van der Waals surface area contributed by atoms with E-state index in [1.165, 1.54) is 6.42 Å². The van der Waals surface area contributed by atoms with Gasteiger partial charge in [0.2, 0.25) is 5.91 Å². The van der Waals surface area contributed by atoms with Crippen molar-refractivity contribution < 1.29 is 4.79 Å². The molecule has 1 aromatic rings. The first-order valence-electron chi connectivity index (χ1n) is 7.49. The lowest BCUT2D eigenvalue weighted by Crippen LogP contribution is -2.55. The second kappa shape index (κ2) is 5.38. The fourth-order valence-electron chi connectivity index (χ4n) is 3.00. The lowest BCUT2D eigenvalue weighted by molar-refractivity contribution is -0.137. The number of amides is 1. The highest BCUT2D eigenvalue weighted by Crippen LogP contribution is 2.27. The van der Waals surface area contributed by atoms with Gasteiger partial charge in [0.25, 0.3) is 0 Å². The van der Waals surface area contributed by atoms with Crippen LogP contribution in [-0.2, 0) is 4.79 Å². The van der Waals surface area contributed by atoms with E-state index < -0.39 is 0 Å². The molecule has 108 valence electrons. The van der Waals surface area contributed by atoms with Crippen LogP contribution >= 0.6 is 0 Å². The van der Waals surface area contributed by atoms with Crippen molar-refractivity contribution in [3.63, 3.8) is 0 Å². The standard InChI is InChI=1S/C15H22N4O/c1-11-8-16-12(2)14(17-11)19-9-13(10-19)15(20)18-6-4-3-5-7-18/h8,13H,3-7,9-10H2,1-2H3. The number of carbonyl (C=O) groups excluding carboxylic acids is 1. The van der Waals surface area contributed by atoms with Gasteiger partial charge < -0.3 is 9.80 Å². The highest BCUT2D eigenvalue weighted by molar-refractivity contribution is 5.82. The number of piperidine rings is 1. The summed E-state index contributed by atoms with van der Waals surface area (Å²) in [5.74, 6) is 1.42. The van der Waals surface area contributed by atoms with E-state index in [9.17, 15) is 4.79 Å². The topological polar surface area (TPSA) is 49.3 Å². The molecule has 0 aliphatic carbocycles. The SMILES string of the molecule is Cc1cnc(C)c(N2CC(C(=O)N3CCCCC3)C2)n1. The third kappa shape index (κ3) is 2.49. The van der Waals surface area contributed by atoms with Crippen LogP contribution < -0.4 is 4.90 Å². The molecule has 2 fully saturated rings. The first-order chi connectivity index (χ1) is 9.65. The largest absolute Gasteiger partial charge is 0.353 e. The molecule has 1 amide bonds. The number of likely N-dealkylation sites (tertiary alicyclic amines) is 1. The molecule has 0 spiro atoms. The van der Waals surface area contributed by atoms with Gasteiger partial charge in [0.05, 0.1) is 17.3 Å². The van der Waals surface area contributed by atoms with Gasteiger partial charge in [-0.1, -0.05) is 0 Å². The molecule has 3 rings (SSSR count).